The highest BCUT2D eigenvalue weighted by atomic mass is 35.5. The van der Waals surface area contributed by atoms with Crippen LogP contribution in [0.1, 0.15) is 19.8 Å². The number of esters is 1. The first-order valence-corrected chi connectivity index (χ1v) is 8.31. The van der Waals surface area contributed by atoms with Crippen molar-refractivity contribution in [3.05, 3.63) is 30.6 Å². The third kappa shape index (κ3) is 3.14. The fourth-order valence-electron chi connectivity index (χ4n) is 3.36. The lowest BCUT2D eigenvalue weighted by Crippen LogP contribution is -2.40. The molecule has 1 atom stereocenters. The van der Waals surface area contributed by atoms with Crippen molar-refractivity contribution in [2.45, 2.75) is 19.8 Å². The van der Waals surface area contributed by atoms with E-state index in [2.05, 4.69) is 14.9 Å². The molecule has 0 radical (unpaired) electrons. The number of ether oxygens (including phenoxy) is 1. The van der Waals surface area contributed by atoms with Crippen LogP contribution in [0.5, 0.6) is 0 Å². The van der Waals surface area contributed by atoms with Crippen LogP contribution < -0.4 is 4.90 Å². The number of hydrogen-bond acceptors (Lipinski definition) is 6. The van der Waals surface area contributed by atoms with Crippen LogP contribution in [0, 0.1) is 5.92 Å². The molecule has 0 N–H and O–H groups in total. The van der Waals surface area contributed by atoms with Gasteiger partial charge in [0.05, 0.1) is 12.5 Å². The number of rotatable bonds is 3. The number of furan rings is 1. The minimum absolute atomic E-state index is 0. The van der Waals surface area contributed by atoms with E-state index in [-0.39, 0.29) is 24.3 Å². The lowest BCUT2D eigenvalue weighted by molar-refractivity contribution is -0.148. The van der Waals surface area contributed by atoms with Crippen LogP contribution in [0.15, 0.2) is 35.0 Å². The molecular weight excluding hydrogens is 342 g/mol. The average molecular weight is 362 g/mol. The Morgan fingerprint density at radius 2 is 2.20 bits per heavy atom. The number of piperidine rings is 1. The molecule has 1 saturated heterocycles. The lowest BCUT2D eigenvalue weighted by atomic mass is 9.98. The summed E-state index contributed by atoms with van der Waals surface area (Å²) in [6.45, 7) is 3.69. The summed E-state index contributed by atoms with van der Waals surface area (Å²) in [6, 6.07) is 7.83. The van der Waals surface area contributed by atoms with Crippen LogP contribution in [-0.4, -0.2) is 35.6 Å². The molecule has 7 heteroatoms. The summed E-state index contributed by atoms with van der Waals surface area (Å²) >= 11 is 0. The van der Waals surface area contributed by atoms with E-state index < -0.39 is 0 Å². The van der Waals surface area contributed by atoms with Crippen molar-refractivity contribution in [2.24, 2.45) is 5.92 Å². The van der Waals surface area contributed by atoms with Crippen molar-refractivity contribution in [3.8, 4) is 0 Å². The van der Waals surface area contributed by atoms with Crippen LogP contribution in [0.2, 0.25) is 0 Å². The van der Waals surface area contributed by atoms with Crippen molar-refractivity contribution in [3.63, 3.8) is 0 Å². The average Bonchev–Trinajstić information content (AvgIpc) is 3.01. The minimum atomic E-state index is -0.128. The number of anilines is 1. The number of para-hydroxylation sites is 1. The molecule has 1 fully saturated rings. The zero-order chi connectivity index (χ0) is 16.5. The maximum atomic E-state index is 12.1. The summed E-state index contributed by atoms with van der Waals surface area (Å²) in [6.07, 6.45) is 3.34. The molecule has 1 aliphatic rings. The number of hydrogen-bond donors (Lipinski definition) is 0. The second kappa shape index (κ2) is 7.27. The van der Waals surface area contributed by atoms with Gasteiger partial charge in [0.1, 0.15) is 17.4 Å². The largest absolute Gasteiger partial charge is 0.466 e. The van der Waals surface area contributed by atoms with Gasteiger partial charge in [0.2, 0.25) is 0 Å². The highest BCUT2D eigenvalue weighted by Gasteiger charge is 2.29. The molecular formula is C18H20ClN3O3. The minimum Gasteiger partial charge on any atom is -0.466 e. The number of nitrogens with zero attached hydrogens (tertiary/aromatic N) is 3. The number of carbonyl (C=O) groups is 1. The molecule has 2 aromatic heterocycles. The smallest absolute Gasteiger partial charge is 0.310 e. The molecule has 0 amide bonds. The van der Waals surface area contributed by atoms with E-state index >= 15 is 0 Å². The Labute approximate surface area is 151 Å². The second-order valence-electron chi connectivity index (χ2n) is 6.01. The highest BCUT2D eigenvalue weighted by molar-refractivity contribution is 6.05. The van der Waals surface area contributed by atoms with E-state index in [0.29, 0.717) is 18.7 Å². The summed E-state index contributed by atoms with van der Waals surface area (Å²) < 4.78 is 11.2. The van der Waals surface area contributed by atoms with E-state index in [1.807, 2.05) is 31.2 Å². The maximum absolute atomic E-state index is 12.1. The van der Waals surface area contributed by atoms with Gasteiger partial charge in [-0.1, -0.05) is 12.1 Å². The third-order valence-corrected chi connectivity index (χ3v) is 4.48. The molecule has 3 heterocycles. The van der Waals surface area contributed by atoms with Gasteiger partial charge in [0.15, 0.2) is 11.4 Å². The summed E-state index contributed by atoms with van der Waals surface area (Å²) in [5.41, 5.74) is 2.30. The van der Waals surface area contributed by atoms with Crippen LogP contribution in [-0.2, 0) is 9.53 Å². The quantitative estimate of drug-likeness (QED) is 0.664. The first-order valence-electron chi connectivity index (χ1n) is 8.31. The SMILES string of the molecule is CCOC(=O)C1CCCN(c2ncnc3c2oc2ccccc23)C1.Cl. The Morgan fingerprint density at radius 3 is 3.04 bits per heavy atom. The molecule has 4 rings (SSSR count). The first-order chi connectivity index (χ1) is 11.8. The van der Waals surface area contributed by atoms with E-state index in [4.69, 9.17) is 9.15 Å². The fraction of sp³-hybridized carbons (Fsp3) is 0.389. The summed E-state index contributed by atoms with van der Waals surface area (Å²) in [4.78, 5) is 23.0. The Balaban J connectivity index is 0.00000182. The van der Waals surface area contributed by atoms with Crippen molar-refractivity contribution in [2.75, 3.05) is 24.6 Å². The van der Waals surface area contributed by atoms with Crippen molar-refractivity contribution in [1.29, 1.82) is 0 Å². The van der Waals surface area contributed by atoms with Crippen LogP contribution in [0.3, 0.4) is 0 Å². The monoisotopic (exact) mass is 361 g/mol. The van der Waals surface area contributed by atoms with Crippen molar-refractivity contribution >= 4 is 46.3 Å². The highest BCUT2D eigenvalue weighted by Crippen LogP contribution is 2.33. The molecule has 3 aromatic rings. The van der Waals surface area contributed by atoms with Gasteiger partial charge in [-0.05, 0) is 31.9 Å². The molecule has 1 aromatic carbocycles. The van der Waals surface area contributed by atoms with Gasteiger partial charge in [0.25, 0.3) is 0 Å². The zero-order valence-electron chi connectivity index (χ0n) is 14.0. The Bertz CT molecular complexity index is 896. The molecule has 0 spiro atoms. The van der Waals surface area contributed by atoms with E-state index in [1.165, 1.54) is 0 Å². The maximum Gasteiger partial charge on any atom is 0.310 e. The topological polar surface area (TPSA) is 68.5 Å². The molecule has 0 saturated carbocycles. The zero-order valence-corrected chi connectivity index (χ0v) is 14.8. The predicted molar refractivity (Wildman–Crippen MR) is 98.1 cm³/mol. The summed E-state index contributed by atoms with van der Waals surface area (Å²) in [7, 11) is 0. The van der Waals surface area contributed by atoms with Gasteiger partial charge < -0.3 is 14.1 Å². The summed E-state index contributed by atoms with van der Waals surface area (Å²) in [5, 5.41) is 0.982. The van der Waals surface area contributed by atoms with Gasteiger partial charge in [-0.25, -0.2) is 9.97 Å². The predicted octanol–water partition coefficient (Wildman–Crippen LogP) is 3.58. The third-order valence-electron chi connectivity index (χ3n) is 4.48. The number of aromatic nitrogens is 2. The molecule has 1 unspecified atom stereocenters. The molecule has 0 bridgehead atoms. The van der Waals surface area contributed by atoms with Gasteiger partial charge in [0, 0.05) is 18.5 Å². The number of benzene rings is 1. The van der Waals surface area contributed by atoms with Gasteiger partial charge in [-0.15, -0.1) is 12.4 Å². The van der Waals surface area contributed by atoms with Crippen LogP contribution >= 0.6 is 12.4 Å². The number of halogens is 1. The van der Waals surface area contributed by atoms with Crippen molar-refractivity contribution < 1.29 is 13.9 Å². The lowest BCUT2D eigenvalue weighted by Gasteiger charge is -2.32. The molecule has 6 nitrogen and oxygen atoms in total. The fourth-order valence-corrected chi connectivity index (χ4v) is 3.36. The van der Waals surface area contributed by atoms with Crippen LogP contribution in [0.4, 0.5) is 5.82 Å². The Morgan fingerprint density at radius 1 is 1.36 bits per heavy atom. The molecule has 132 valence electrons. The molecule has 0 aliphatic carbocycles. The second-order valence-corrected chi connectivity index (χ2v) is 6.01. The van der Waals surface area contributed by atoms with Gasteiger partial charge in [-0.3, -0.25) is 4.79 Å². The Hall–Kier alpha value is -2.34. The van der Waals surface area contributed by atoms with E-state index in [9.17, 15) is 4.79 Å². The van der Waals surface area contributed by atoms with E-state index in [1.54, 1.807) is 6.33 Å². The normalized spacial score (nSPS) is 17.5. The summed E-state index contributed by atoms with van der Waals surface area (Å²) in [5.74, 6) is 0.510. The van der Waals surface area contributed by atoms with Gasteiger partial charge >= 0.3 is 5.97 Å². The number of carbonyl (C=O) groups excluding carboxylic acids is 1. The first kappa shape index (κ1) is 17.5. The standard InChI is InChI=1S/C18H19N3O3.ClH/c1-2-23-18(22)12-6-5-9-21(10-12)17-16-15(19-11-20-17)13-7-3-4-8-14(13)24-16;/h3-4,7-8,11-12H,2,5-6,9-10H2,1H3;1H. The molecule has 25 heavy (non-hydrogen) atoms. The molecule has 1 aliphatic heterocycles. The van der Waals surface area contributed by atoms with Crippen LogP contribution in [0.25, 0.3) is 22.1 Å². The van der Waals surface area contributed by atoms with E-state index in [0.717, 1.165) is 41.7 Å². The van der Waals surface area contributed by atoms with Gasteiger partial charge in [-0.2, -0.15) is 0 Å². The Kier molecular flexibility index (Phi) is 5.08. The van der Waals surface area contributed by atoms with Crippen molar-refractivity contribution in [1.82, 2.24) is 9.97 Å². The number of fused-ring (bicyclic) bond motifs is 3.